The Morgan fingerprint density at radius 2 is 2.00 bits per heavy atom. The quantitative estimate of drug-likeness (QED) is 0.853. The van der Waals surface area contributed by atoms with Crippen LogP contribution in [0, 0.1) is 5.92 Å². The van der Waals surface area contributed by atoms with E-state index < -0.39 is 5.92 Å². The molecular weight excluding hydrogens is 286 g/mol. The van der Waals surface area contributed by atoms with Crippen LogP contribution in [0.1, 0.15) is 36.9 Å². The summed E-state index contributed by atoms with van der Waals surface area (Å²) in [4.78, 5) is 12.6. The molecule has 2 aliphatic carbocycles. The summed E-state index contributed by atoms with van der Waals surface area (Å²) < 4.78 is 28.0. The van der Waals surface area contributed by atoms with Crippen molar-refractivity contribution in [3.8, 4) is 0 Å². The van der Waals surface area contributed by atoms with Gasteiger partial charge in [0.15, 0.2) is 0 Å². The fourth-order valence-corrected chi connectivity index (χ4v) is 3.79. The standard InChI is InChI=1S/C17H18F2N2O/c18-17(19)8-6-11(7-9-17)10-21-16(22)13-3-1-2-12-4-5-14(20-21)15(12)13/h1-3,11H,4-10H2. The molecule has 2 aliphatic rings. The third-order valence-corrected chi connectivity index (χ3v) is 5.04. The summed E-state index contributed by atoms with van der Waals surface area (Å²) in [6.45, 7) is 0.460. The van der Waals surface area contributed by atoms with Crippen LogP contribution in [0.15, 0.2) is 23.0 Å². The molecular formula is C17H18F2N2O. The molecule has 1 heterocycles. The van der Waals surface area contributed by atoms with Crippen LogP contribution in [-0.2, 0) is 19.4 Å². The van der Waals surface area contributed by atoms with Crippen LogP contribution in [0.3, 0.4) is 0 Å². The molecule has 0 radical (unpaired) electrons. The number of alkyl halides is 2. The lowest BCUT2D eigenvalue weighted by molar-refractivity contribution is -0.0477. The maximum atomic E-state index is 13.2. The molecule has 0 amide bonds. The molecule has 4 rings (SSSR count). The van der Waals surface area contributed by atoms with Crippen LogP contribution in [-0.4, -0.2) is 15.7 Å². The van der Waals surface area contributed by atoms with E-state index in [9.17, 15) is 13.6 Å². The Morgan fingerprint density at radius 3 is 2.77 bits per heavy atom. The highest BCUT2D eigenvalue weighted by Crippen LogP contribution is 2.36. The molecule has 0 N–H and O–H groups in total. The van der Waals surface area contributed by atoms with E-state index in [0.29, 0.717) is 19.4 Å². The molecule has 3 nitrogen and oxygen atoms in total. The van der Waals surface area contributed by atoms with Crippen molar-refractivity contribution in [2.24, 2.45) is 5.92 Å². The zero-order valence-corrected chi connectivity index (χ0v) is 12.3. The second-order valence-corrected chi connectivity index (χ2v) is 6.57. The van der Waals surface area contributed by atoms with Gasteiger partial charge in [0.25, 0.3) is 5.56 Å². The first-order valence-electron chi connectivity index (χ1n) is 7.93. The van der Waals surface area contributed by atoms with E-state index >= 15 is 0 Å². The van der Waals surface area contributed by atoms with Crippen LogP contribution in [0.4, 0.5) is 8.78 Å². The highest BCUT2D eigenvalue weighted by atomic mass is 19.3. The lowest BCUT2D eigenvalue weighted by atomic mass is 9.87. The Kier molecular flexibility index (Phi) is 3.06. The molecule has 0 unspecified atom stereocenters. The summed E-state index contributed by atoms with van der Waals surface area (Å²) in [5, 5.41) is 6.25. The van der Waals surface area contributed by atoms with E-state index in [1.807, 2.05) is 18.2 Å². The van der Waals surface area contributed by atoms with Crippen molar-refractivity contribution < 1.29 is 8.78 Å². The van der Waals surface area contributed by atoms with Crippen LogP contribution in [0.2, 0.25) is 0 Å². The molecule has 1 aromatic carbocycles. The molecule has 5 heteroatoms. The molecule has 1 saturated carbocycles. The Bertz CT molecular complexity index is 787. The number of hydrogen-bond donors (Lipinski definition) is 0. The van der Waals surface area contributed by atoms with Gasteiger partial charge in [-0.2, -0.15) is 5.10 Å². The topological polar surface area (TPSA) is 34.9 Å². The maximum Gasteiger partial charge on any atom is 0.274 e. The van der Waals surface area contributed by atoms with Crippen molar-refractivity contribution in [1.82, 2.24) is 9.78 Å². The van der Waals surface area contributed by atoms with Gasteiger partial charge in [0.2, 0.25) is 5.92 Å². The SMILES string of the molecule is O=c1c2cccc3c2c(nn1CC1CCC(F)(F)CC1)CC3. The normalized spacial score (nSPS) is 20.6. The summed E-state index contributed by atoms with van der Waals surface area (Å²) in [6.07, 6.45) is 2.58. The fourth-order valence-electron chi connectivity index (χ4n) is 3.79. The average Bonchev–Trinajstić information content (AvgIpc) is 2.91. The van der Waals surface area contributed by atoms with Crippen LogP contribution < -0.4 is 5.56 Å². The summed E-state index contributed by atoms with van der Waals surface area (Å²) in [6, 6.07) is 5.82. The van der Waals surface area contributed by atoms with Crippen molar-refractivity contribution in [2.75, 3.05) is 0 Å². The van der Waals surface area contributed by atoms with E-state index in [4.69, 9.17) is 0 Å². The van der Waals surface area contributed by atoms with Gasteiger partial charge in [-0.1, -0.05) is 12.1 Å². The van der Waals surface area contributed by atoms with Gasteiger partial charge in [0, 0.05) is 24.8 Å². The largest absolute Gasteiger partial charge is 0.274 e. The second kappa shape index (κ2) is 4.86. The van der Waals surface area contributed by atoms with Gasteiger partial charge in [-0.05, 0) is 43.2 Å². The van der Waals surface area contributed by atoms with Crippen molar-refractivity contribution in [2.45, 2.75) is 51.0 Å². The van der Waals surface area contributed by atoms with Crippen molar-refractivity contribution in [3.63, 3.8) is 0 Å². The lowest BCUT2D eigenvalue weighted by Crippen LogP contribution is -2.31. The first kappa shape index (κ1) is 13.9. The Hall–Kier alpha value is -1.78. The molecule has 0 aliphatic heterocycles. The number of nitrogens with zero attached hydrogens (tertiary/aromatic N) is 2. The first-order valence-corrected chi connectivity index (χ1v) is 7.93. The Morgan fingerprint density at radius 1 is 1.23 bits per heavy atom. The number of aryl methyl sites for hydroxylation is 2. The Balaban J connectivity index is 1.67. The maximum absolute atomic E-state index is 13.2. The molecule has 116 valence electrons. The van der Waals surface area contributed by atoms with Gasteiger partial charge in [-0.15, -0.1) is 0 Å². The Labute approximate surface area is 126 Å². The third-order valence-electron chi connectivity index (χ3n) is 5.04. The second-order valence-electron chi connectivity index (χ2n) is 6.57. The van der Waals surface area contributed by atoms with Gasteiger partial charge in [-0.25, -0.2) is 13.5 Å². The number of benzene rings is 1. The van der Waals surface area contributed by atoms with E-state index in [-0.39, 0.29) is 24.3 Å². The predicted octanol–water partition coefficient (Wildman–Crippen LogP) is 3.32. The molecule has 1 aromatic heterocycles. The van der Waals surface area contributed by atoms with Gasteiger partial charge in [0.05, 0.1) is 11.1 Å². The van der Waals surface area contributed by atoms with Crippen molar-refractivity contribution >= 4 is 10.8 Å². The van der Waals surface area contributed by atoms with E-state index in [1.165, 1.54) is 10.2 Å². The number of aromatic nitrogens is 2. The minimum Gasteiger partial charge on any atom is -0.267 e. The lowest BCUT2D eigenvalue weighted by Gasteiger charge is -2.28. The summed E-state index contributed by atoms with van der Waals surface area (Å²) in [7, 11) is 0. The van der Waals surface area contributed by atoms with Crippen LogP contribution >= 0.6 is 0 Å². The fraction of sp³-hybridized carbons (Fsp3) is 0.529. The van der Waals surface area contributed by atoms with E-state index in [1.54, 1.807) is 0 Å². The smallest absolute Gasteiger partial charge is 0.267 e. The minimum absolute atomic E-state index is 0.0724. The first-order chi connectivity index (χ1) is 10.5. The predicted molar refractivity (Wildman–Crippen MR) is 80.3 cm³/mol. The highest BCUT2D eigenvalue weighted by molar-refractivity contribution is 5.88. The molecule has 0 saturated heterocycles. The number of halogens is 2. The van der Waals surface area contributed by atoms with Gasteiger partial charge in [-0.3, -0.25) is 4.79 Å². The van der Waals surface area contributed by atoms with Gasteiger partial charge < -0.3 is 0 Å². The summed E-state index contributed by atoms with van der Waals surface area (Å²) in [5.74, 6) is -2.40. The van der Waals surface area contributed by atoms with E-state index in [2.05, 4.69) is 5.10 Å². The summed E-state index contributed by atoms with van der Waals surface area (Å²) in [5.41, 5.74) is 2.09. The van der Waals surface area contributed by atoms with Crippen molar-refractivity contribution in [1.29, 1.82) is 0 Å². The molecule has 0 bridgehead atoms. The molecule has 1 fully saturated rings. The van der Waals surface area contributed by atoms with Crippen LogP contribution in [0.25, 0.3) is 10.8 Å². The van der Waals surface area contributed by atoms with Crippen molar-refractivity contribution in [3.05, 3.63) is 39.8 Å². The van der Waals surface area contributed by atoms with E-state index in [0.717, 1.165) is 29.3 Å². The zero-order chi connectivity index (χ0) is 15.3. The molecule has 22 heavy (non-hydrogen) atoms. The molecule has 2 aromatic rings. The van der Waals surface area contributed by atoms with Crippen LogP contribution in [0.5, 0.6) is 0 Å². The van der Waals surface area contributed by atoms with Gasteiger partial charge in [0.1, 0.15) is 0 Å². The highest BCUT2D eigenvalue weighted by Gasteiger charge is 2.35. The molecule has 0 spiro atoms. The van der Waals surface area contributed by atoms with Gasteiger partial charge >= 0.3 is 0 Å². The minimum atomic E-state index is -2.53. The average molecular weight is 304 g/mol. The monoisotopic (exact) mass is 304 g/mol. The number of rotatable bonds is 2. The molecule has 0 atom stereocenters. The summed E-state index contributed by atoms with van der Waals surface area (Å²) >= 11 is 0. The third kappa shape index (κ3) is 2.23. The number of hydrogen-bond acceptors (Lipinski definition) is 2. The zero-order valence-electron chi connectivity index (χ0n) is 12.3.